The first-order chi connectivity index (χ1) is 15.3. The van der Waals surface area contributed by atoms with Crippen molar-refractivity contribution in [3.63, 3.8) is 0 Å². The second-order valence-corrected chi connectivity index (χ2v) is 7.03. The highest BCUT2D eigenvalue weighted by molar-refractivity contribution is 14.0. The number of piperazine rings is 1. The molecule has 2 N–H and O–H groups in total. The van der Waals surface area contributed by atoms with E-state index in [2.05, 4.69) is 47.2 Å². The highest BCUT2D eigenvalue weighted by Crippen LogP contribution is 2.19. The second kappa shape index (κ2) is 11.6. The maximum Gasteiger partial charge on any atom is 0.225 e. The molecule has 0 aliphatic carbocycles. The minimum absolute atomic E-state index is 0. The van der Waals surface area contributed by atoms with Gasteiger partial charge in [0.25, 0.3) is 0 Å². The fourth-order valence-corrected chi connectivity index (χ4v) is 3.38. The highest BCUT2D eigenvalue weighted by Gasteiger charge is 2.21. The summed E-state index contributed by atoms with van der Waals surface area (Å²) in [4.78, 5) is 22.5. The van der Waals surface area contributed by atoms with E-state index < -0.39 is 0 Å². The number of hydrogen-bond acceptors (Lipinski definition) is 7. The fourth-order valence-electron chi connectivity index (χ4n) is 3.38. The van der Waals surface area contributed by atoms with Crippen molar-refractivity contribution in [2.24, 2.45) is 4.99 Å². The first kappa shape index (κ1) is 23.7. The molecule has 3 aromatic rings. The molecular weight excluding hydrogens is 521 g/mol. The summed E-state index contributed by atoms with van der Waals surface area (Å²) < 4.78 is 5.20. The SMILES string of the molecule is CCNC(=NCc1nc(-c2ccc(OC)cc2)n[nH]1)N1CCN(c2ncccn2)CC1.I. The van der Waals surface area contributed by atoms with Gasteiger partial charge in [0, 0.05) is 50.7 Å². The van der Waals surface area contributed by atoms with Crippen molar-refractivity contribution in [3.8, 4) is 17.1 Å². The molecule has 1 fully saturated rings. The Labute approximate surface area is 204 Å². The van der Waals surface area contributed by atoms with Crippen molar-refractivity contribution >= 4 is 35.9 Å². The molecule has 1 aromatic carbocycles. The Morgan fingerprint density at radius 1 is 1.12 bits per heavy atom. The van der Waals surface area contributed by atoms with E-state index in [4.69, 9.17) is 9.73 Å². The predicted molar refractivity (Wildman–Crippen MR) is 134 cm³/mol. The largest absolute Gasteiger partial charge is 0.497 e. The van der Waals surface area contributed by atoms with Gasteiger partial charge in [-0.15, -0.1) is 24.0 Å². The molecule has 2 aromatic heterocycles. The van der Waals surface area contributed by atoms with Crippen molar-refractivity contribution in [2.75, 3.05) is 44.7 Å². The van der Waals surface area contributed by atoms with Gasteiger partial charge >= 0.3 is 0 Å². The van der Waals surface area contributed by atoms with Crippen LogP contribution in [0.5, 0.6) is 5.75 Å². The van der Waals surface area contributed by atoms with E-state index in [-0.39, 0.29) is 24.0 Å². The minimum atomic E-state index is 0. The van der Waals surface area contributed by atoms with E-state index in [1.165, 1.54) is 0 Å². The van der Waals surface area contributed by atoms with Gasteiger partial charge in [0.1, 0.15) is 18.1 Å². The lowest BCUT2D eigenvalue weighted by Gasteiger charge is -2.36. The normalized spacial score (nSPS) is 14.1. The van der Waals surface area contributed by atoms with Crippen molar-refractivity contribution in [2.45, 2.75) is 13.5 Å². The topological polar surface area (TPSA) is 107 Å². The molecule has 32 heavy (non-hydrogen) atoms. The summed E-state index contributed by atoms with van der Waals surface area (Å²) in [6, 6.07) is 9.50. The molecule has 0 amide bonds. The highest BCUT2D eigenvalue weighted by atomic mass is 127. The minimum Gasteiger partial charge on any atom is -0.497 e. The van der Waals surface area contributed by atoms with E-state index >= 15 is 0 Å². The number of H-pyrrole nitrogens is 1. The lowest BCUT2D eigenvalue weighted by atomic mass is 10.2. The number of hydrogen-bond donors (Lipinski definition) is 2. The first-order valence-electron chi connectivity index (χ1n) is 10.4. The molecule has 1 aliphatic heterocycles. The number of anilines is 1. The Kier molecular flexibility index (Phi) is 8.59. The van der Waals surface area contributed by atoms with Crippen LogP contribution in [0.4, 0.5) is 5.95 Å². The molecule has 11 heteroatoms. The Balaban J connectivity index is 0.00000289. The maximum absolute atomic E-state index is 5.20. The summed E-state index contributed by atoms with van der Waals surface area (Å²) >= 11 is 0. The van der Waals surface area contributed by atoms with Crippen LogP contribution in [0.2, 0.25) is 0 Å². The van der Waals surface area contributed by atoms with Crippen molar-refractivity contribution in [1.29, 1.82) is 0 Å². The predicted octanol–water partition coefficient (Wildman–Crippen LogP) is 2.18. The zero-order valence-electron chi connectivity index (χ0n) is 18.2. The quantitative estimate of drug-likeness (QED) is 0.274. The molecule has 4 rings (SSSR count). The summed E-state index contributed by atoms with van der Waals surface area (Å²) in [6.07, 6.45) is 3.55. The number of benzene rings is 1. The van der Waals surface area contributed by atoms with Crippen molar-refractivity contribution in [3.05, 3.63) is 48.5 Å². The van der Waals surface area contributed by atoms with Crippen LogP contribution in [0.15, 0.2) is 47.7 Å². The third kappa shape index (κ3) is 5.84. The number of nitrogens with one attached hydrogen (secondary N) is 2. The third-order valence-electron chi connectivity index (χ3n) is 5.01. The molecule has 0 spiro atoms. The van der Waals surface area contributed by atoms with E-state index in [0.29, 0.717) is 12.4 Å². The summed E-state index contributed by atoms with van der Waals surface area (Å²) in [6.45, 7) is 6.67. The standard InChI is InChI=1S/C21H27N9O.HI/c1-3-22-20(29-11-13-30(14-12-29)21-23-9-4-10-24-21)25-15-18-26-19(28-27-18)16-5-7-17(31-2)8-6-16;/h4-10H,3,11-15H2,1-2H3,(H,22,25)(H,26,27,28);1H. The Hall–Kier alpha value is -2.96. The molecule has 10 nitrogen and oxygen atoms in total. The number of halogens is 1. The molecular formula is C21H28IN9O. The number of aromatic nitrogens is 5. The van der Waals surface area contributed by atoms with Gasteiger partial charge in [-0.25, -0.2) is 19.9 Å². The van der Waals surface area contributed by atoms with E-state index in [9.17, 15) is 0 Å². The van der Waals surface area contributed by atoms with Crippen molar-refractivity contribution < 1.29 is 4.74 Å². The number of rotatable bonds is 6. The van der Waals surface area contributed by atoms with Crippen LogP contribution in [0, 0.1) is 0 Å². The maximum atomic E-state index is 5.20. The summed E-state index contributed by atoms with van der Waals surface area (Å²) in [5.74, 6) is 3.82. The monoisotopic (exact) mass is 549 g/mol. The van der Waals surface area contributed by atoms with Crippen LogP contribution >= 0.6 is 24.0 Å². The van der Waals surface area contributed by atoms with Crippen LogP contribution in [0.25, 0.3) is 11.4 Å². The van der Waals surface area contributed by atoms with E-state index in [1.54, 1.807) is 19.5 Å². The molecule has 3 heterocycles. The van der Waals surface area contributed by atoms with Gasteiger partial charge in [0.05, 0.1) is 7.11 Å². The van der Waals surface area contributed by atoms with E-state index in [0.717, 1.165) is 61.8 Å². The number of methoxy groups -OCH3 is 1. The Morgan fingerprint density at radius 3 is 2.50 bits per heavy atom. The second-order valence-electron chi connectivity index (χ2n) is 7.03. The summed E-state index contributed by atoms with van der Waals surface area (Å²) in [5.41, 5.74) is 0.929. The fraction of sp³-hybridized carbons (Fsp3) is 0.381. The number of aliphatic imine (C=N–C) groups is 1. The van der Waals surface area contributed by atoms with Crippen LogP contribution < -0.4 is 15.0 Å². The zero-order valence-corrected chi connectivity index (χ0v) is 20.6. The van der Waals surface area contributed by atoms with Gasteiger partial charge in [-0.3, -0.25) is 5.10 Å². The van der Waals surface area contributed by atoms with E-state index in [1.807, 2.05) is 30.3 Å². The van der Waals surface area contributed by atoms with Gasteiger partial charge in [0.2, 0.25) is 5.95 Å². The molecule has 170 valence electrons. The van der Waals surface area contributed by atoms with Crippen LogP contribution in [-0.2, 0) is 6.54 Å². The lowest BCUT2D eigenvalue weighted by Crippen LogP contribution is -2.53. The average Bonchev–Trinajstić information content (AvgIpc) is 3.31. The lowest BCUT2D eigenvalue weighted by molar-refractivity contribution is 0.370. The third-order valence-corrected chi connectivity index (χ3v) is 5.01. The molecule has 0 radical (unpaired) electrons. The first-order valence-corrected chi connectivity index (χ1v) is 10.4. The smallest absolute Gasteiger partial charge is 0.225 e. The number of ether oxygens (including phenoxy) is 1. The van der Waals surface area contributed by atoms with Crippen LogP contribution in [0.1, 0.15) is 12.7 Å². The zero-order chi connectivity index (χ0) is 21.5. The molecule has 0 saturated carbocycles. The molecule has 0 atom stereocenters. The van der Waals surface area contributed by atoms with Crippen LogP contribution in [-0.4, -0.2) is 75.8 Å². The molecule has 0 bridgehead atoms. The average molecular weight is 549 g/mol. The number of aromatic amines is 1. The molecule has 0 unspecified atom stereocenters. The Bertz CT molecular complexity index is 986. The van der Waals surface area contributed by atoms with Crippen molar-refractivity contribution in [1.82, 2.24) is 35.4 Å². The van der Waals surface area contributed by atoms with Gasteiger partial charge in [0.15, 0.2) is 11.8 Å². The van der Waals surface area contributed by atoms with Gasteiger partial charge in [-0.1, -0.05) is 0 Å². The van der Waals surface area contributed by atoms with Gasteiger partial charge in [-0.2, -0.15) is 5.10 Å². The van der Waals surface area contributed by atoms with Gasteiger partial charge in [-0.05, 0) is 37.3 Å². The number of guanidine groups is 1. The summed E-state index contributed by atoms with van der Waals surface area (Å²) in [5, 5.41) is 10.7. The Morgan fingerprint density at radius 2 is 1.84 bits per heavy atom. The summed E-state index contributed by atoms with van der Waals surface area (Å²) in [7, 11) is 1.65. The number of nitrogens with zero attached hydrogens (tertiary/aromatic N) is 7. The molecule has 1 aliphatic rings. The van der Waals surface area contributed by atoms with Gasteiger partial charge < -0.3 is 19.9 Å². The molecule has 1 saturated heterocycles. The van der Waals surface area contributed by atoms with Crippen LogP contribution in [0.3, 0.4) is 0 Å².